The van der Waals surface area contributed by atoms with Crippen LogP contribution in [0.2, 0.25) is 5.15 Å². The minimum absolute atomic E-state index is 0.0744. The van der Waals surface area contributed by atoms with Gasteiger partial charge in [-0.3, -0.25) is 4.79 Å². The van der Waals surface area contributed by atoms with Crippen molar-refractivity contribution in [1.82, 2.24) is 29.4 Å². The molecule has 1 aliphatic carbocycles. The van der Waals surface area contributed by atoms with E-state index in [2.05, 4.69) is 20.4 Å². The lowest BCUT2D eigenvalue weighted by Crippen LogP contribution is -2.41. The Balaban J connectivity index is 1.15. The molecule has 1 unspecified atom stereocenters. The number of hydrogen-bond acceptors (Lipinski definition) is 9. The molecule has 47 heavy (non-hydrogen) atoms. The van der Waals surface area contributed by atoms with Crippen LogP contribution in [0.25, 0.3) is 5.82 Å². The first-order chi connectivity index (χ1) is 22.0. The molecular weight excluding hydrogens is 667 g/mol. The summed E-state index contributed by atoms with van der Waals surface area (Å²) in [6, 6.07) is 8.30. The topological polar surface area (TPSA) is 169 Å². The number of likely N-dealkylation sites (tertiary alicyclic amines) is 1. The Morgan fingerprint density at radius 1 is 1.15 bits per heavy atom. The molecule has 0 spiro atoms. The van der Waals surface area contributed by atoms with Gasteiger partial charge in [-0.15, -0.1) is 5.10 Å². The summed E-state index contributed by atoms with van der Waals surface area (Å²) in [7, 11) is -4.42. The number of ether oxygens (including phenoxy) is 1. The first-order valence-electron chi connectivity index (χ1n) is 14.7. The summed E-state index contributed by atoms with van der Waals surface area (Å²) in [5.74, 6) is -0.448. The van der Waals surface area contributed by atoms with Gasteiger partial charge in [0.05, 0.1) is 17.6 Å². The molecule has 1 atom stereocenters. The molecule has 0 bridgehead atoms. The van der Waals surface area contributed by atoms with Crippen LogP contribution >= 0.6 is 11.6 Å². The van der Waals surface area contributed by atoms with E-state index >= 15 is 0 Å². The first-order valence-corrected chi connectivity index (χ1v) is 16.6. The molecule has 2 fully saturated rings. The largest absolute Gasteiger partial charge is 0.477 e. The van der Waals surface area contributed by atoms with Crippen molar-refractivity contribution in [2.75, 3.05) is 25.0 Å². The molecule has 2 amide bonds. The average Bonchev–Trinajstić information content (AvgIpc) is 3.53. The second kappa shape index (κ2) is 12.8. The summed E-state index contributed by atoms with van der Waals surface area (Å²) in [6.07, 6.45) is -2.48. The fourth-order valence-corrected chi connectivity index (χ4v) is 6.79. The highest BCUT2D eigenvalue weighted by Crippen LogP contribution is 2.59. The standard InChI is InChI=1S/C29H33ClF3N7O6S/c1-27(2)16-18(17-39(27)26(42)43)8-13-34-20-4-3-5-23(35-20)47(44,45)38-25(41)19-6-7-21(36-24(19)30)40-14-9-22(37-40)46-15-12-28(10-11-28)29(31,32)33/h3-7,9,14,18H,8,10-13,15-17H2,1-2H3,(H,34,35)(H,38,41)(H,42,43). The Morgan fingerprint density at radius 3 is 2.53 bits per heavy atom. The summed E-state index contributed by atoms with van der Waals surface area (Å²) in [5.41, 5.74) is -2.40. The molecule has 4 heterocycles. The lowest BCUT2D eigenvalue weighted by atomic mass is 9.94. The number of nitrogens with zero attached hydrogens (tertiary/aromatic N) is 5. The van der Waals surface area contributed by atoms with Gasteiger partial charge < -0.3 is 20.1 Å². The van der Waals surface area contributed by atoms with Crippen molar-refractivity contribution in [3.8, 4) is 11.7 Å². The van der Waals surface area contributed by atoms with E-state index in [4.69, 9.17) is 16.3 Å². The van der Waals surface area contributed by atoms with Crippen molar-refractivity contribution < 1.29 is 41.0 Å². The molecule has 1 aliphatic heterocycles. The number of alkyl halides is 3. The van der Waals surface area contributed by atoms with Crippen molar-refractivity contribution in [3.05, 3.63) is 53.3 Å². The summed E-state index contributed by atoms with van der Waals surface area (Å²) in [6.45, 7) is 4.41. The number of aromatic nitrogens is 4. The lowest BCUT2D eigenvalue weighted by molar-refractivity contribution is -0.190. The summed E-state index contributed by atoms with van der Waals surface area (Å²) >= 11 is 6.21. The molecule has 3 aromatic heterocycles. The minimum atomic E-state index is -4.42. The van der Waals surface area contributed by atoms with Crippen LogP contribution in [0.5, 0.6) is 5.88 Å². The molecule has 3 aromatic rings. The molecule has 2 aliphatic rings. The molecule has 0 aromatic carbocycles. The second-order valence-corrected chi connectivity index (χ2v) is 14.3. The maximum absolute atomic E-state index is 13.1. The number of nitrogens with one attached hydrogen (secondary N) is 2. The molecule has 13 nitrogen and oxygen atoms in total. The molecule has 1 saturated carbocycles. The Kier molecular flexibility index (Phi) is 9.34. The van der Waals surface area contributed by atoms with Crippen LogP contribution in [-0.4, -0.2) is 81.6 Å². The summed E-state index contributed by atoms with van der Waals surface area (Å²) < 4.78 is 73.9. The van der Waals surface area contributed by atoms with Crippen LogP contribution < -0.4 is 14.8 Å². The Morgan fingerprint density at radius 2 is 1.89 bits per heavy atom. The highest BCUT2D eigenvalue weighted by Gasteiger charge is 2.62. The summed E-state index contributed by atoms with van der Waals surface area (Å²) in [5, 5.41) is 15.9. The first kappa shape index (κ1) is 34.2. The SMILES string of the molecule is CC1(C)CC(CCNc2cccc(S(=O)(=O)NC(=O)c3ccc(-n4ccc(OCCC5(C(F)(F)F)CC5)n4)nc3Cl)n2)CN1C(=O)O. The maximum atomic E-state index is 13.1. The van der Waals surface area contributed by atoms with Crippen LogP contribution in [0, 0.1) is 11.3 Å². The van der Waals surface area contributed by atoms with Gasteiger partial charge in [-0.1, -0.05) is 17.7 Å². The van der Waals surface area contributed by atoms with E-state index < -0.39 is 44.2 Å². The third kappa shape index (κ3) is 7.72. The fraction of sp³-hybridized carbons (Fsp3) is 0.483. The van der Waals surface area contributed by atoms with Crippen LogP contribution in [0.1, 0.15) is 56.3 Å². The maximum Gasteiger partial charge on any atom is 0.407 e. The number of hydrogen-bond donors (Lipinski definition) is 3. The van der Waals surface area contributed by atoms with E-state index in [1.54, 1.807) is 6.07 Å². The molecule has 254 valence electrons. The normalized spacial score (nSPS) is 18.5. The fourth-order valence-electron chi connectivity index (χ4n) is 5.62. The number of carbonyl (C=O) groups excluding carboxylic acids is 1. The van der Waals surface area contributed by atoms with Gasteiger partial charge in [0.2, 0.25) is 5.88 Å². The zero-order valence-corrected chi connectivity index (χ0v) is 27.0. The molecule has 18 heteroatoms. The number of amides is 2. The van der Waals surface area contributed by atoms with Crippen molar-refractivity contribution in [1.29, 1.82) is 0 Å². The van der Waals surface area contributed by atoms with Gasteiger partial charge in [0.1, 0.15) is 11.0 Å². The van der Waals surface area contributed by atoms with Crippen LogP contribution in [0.4, 0.5) is 23.8 Å². The number of pyridine rings is 2. The minimum Gasteiger partial charge on any atom is -0.477 e. The molecule has 5 rings (SSSR count). The van der Waals surface area contributed by atoms with E-state index in [1.165, 1.54) is 46.1 Å². The van der Waals surface area contributed by atoms with E-state index in [0.29, 0.717) is 25.9 Å². The van der Waals surface area contributed by atoms with Crippen molar-refractivity contribution in [3.63, 3.8) is 0 Å². The van der Waals surface area contributed by atoms with Gasteiger partial charge in [0.25, 0.3) is 15.9 Å². The van der Waals surface area contributed by atoms with E-state index in [9.17, 15) is 36.3 Å². The van der Waals surface area contributed by atoms with E-state index in [1.807, 2.05) is 18.6 Å². The quantitative estimate of drug-likeness (QED) is 0.216. The zero-order valence-electron chi connectivity index (χ0n) is 25.4. The van der Waals surface area contributed by atoms with Gasteiger partial charge in [-0.05, 0) is 76.1 Å². The Labute approximate surface area is 273 Å². The van der Waals surface area contributed by atoms with Gasteiger partial charge in [-0.2, -0.15) is 21.6 Å². The zero-order chi connectivity index (χ0) is 34.2. The van der Waals surface area contributed by atoms with Gasteiger partial charge in [0, 0.05) is 30.9 Å². The number of rotatable bonds is 12. The third-order valence-electron chi connectivity index (χ3n) is 8.44. The number of halogens is 4. The molecule has 0 radical (unpaired) electrons. The molecular formula is C29H33ClF3N7O6S. The monoisotopic (exact) mass is 699 g/mol. The van der Waals surface area contributed by atoms with Gasteiger partial charge in [0.15, 0.2) is 10.8 Å². The molecule has 3 N–H and O–H groups in total. The molecule has 1 saturated heterocycles. The predicted molar refractivity (Wildman–Crippen MR) is 163 cm³/mol. The Bertz CT molecular complexity index is 1760. The number of anilines is 1. The van der Waals surface area contributed by atoms with Crippen molar-refractivity contribution >= 4 is 39.4 Å². The predicted octanol–water partition coefficient (Wildman–Crippen LogP) is 5.13. The number of sulfonamides is 1. The smallest absolute Gasteiger partial charge is 0.407 e. The van der Waals surface area contributed by atoms with Gasteiger partial charge >= 0.3 is 12.3 Å². The van der Waals surface area contributed by atoms with Crippen molar-refractivity contribution in [2.45, 2.75) is 62.7 Å². The van der Waals surface area contributed by atoms with Crippen LogP contribution in [0.3, 0.4) is 0 Å². The van der Waals surface area contributed by atoms with E-state index in [0.717, 1.165) is 0 Å². The Hall–Kier alpha value is -4.12. The van der Waals surface area contributed by atoms with Crippen LogP contribution in [0.15, 0.2) is 47.6 Å². The van der Waals surface area contributed by atoms with Gasteiger partial charge in [-0.25, -0.2) is 24.2 Å². The number of carbonyl (C=O) groups is 2. The lowest BCUT2D eigenvalue weighted by Gasteiger charge is -2.28. The highest BCUT2D eigenvalue weighted by atomic mass is 35.5. The summed E-state index contributed by atoms with van der Waals surface area (Å²) in [4.78, 5) is 34.0. The third-order valence-corrected chi connectivity index (χ3v) is 9.96. The highest BCUT2D eigenvalue weighted by molar-refractivity contribution is 7.90. The van der Waals surface area contributed by atoms with Crippen LogP contribution in [-0.2, 0) is 10.0 Å². The average molecular weight is 700 g/mol. The number of carboxylic acid groups (broad SMARTS) is 1. The van der Waals surface area contributed by atoms with Crippen molar-refractivity contribution in [2.24, 2.45) is 11.3 Å². The van der Waals surface area contributed by atoms with E-state index in [-0.39, 0.29) is 60.0 Å². The second-order valence-electron chi connectivity index (χ2n) is 12.3.